The first-order valence-corrected chi connectivity index (χ1v) is 12.3. The van der Waals surface area contributed by atoms with Crippen molar-refractivity contribution in [1.82, 2.24) is 9.97 Å². The van der Waals surface area contributed by atoms with Gasteiger partial charge in [0.2, 0.25) is 0 Å². The van der Waals surface area contributed by atoms with Crippen molar-refractivity contribution in [2.24, 2.45) is 0 Å². The standard InChI is InChI=1S/C31H28N2O4.2ClH/c1-22(34)36-29-30(20-24-12-16-32-17-13-24,21-25-14-18-33-19-15-25)27-10-6-7-11-28(27)31(29,37-23(2)35)26-8-4-3-5-9-26;;/h3-19,29H,20-21H2,1-2H3;2*1H. The Hall–Kier alpha value is -3.74. The Morgan fingerprint density at radius 3 is 1.67 bits per heavy atom. The Morgan fingerprint density at radius 2 is 1.18 bits per heavy atom. The number of ether oxygens (including phenoxy) is 2. The summed E-state index contributed by atoms with van der Waals surface area (Å²) in [7, 11) is 0. The molecule has 2 heterocycles. The van der Waals surface area contributed by atoms with E-state index in [9.17, 15) is 9.59 Å². The number of hydrogen-bond donors (Lipinski definition) is 0. The maximum Gasteiger partial charge on any atom is 0.304 e. The van der Waals surface area contributed by atoms with Gasteiger partial charge in [-0.3, -0.25) is 19.6 Å². The van der Waals surface area contributed by atoms with Crippen LogP contribution in [0.2, 0.25) is 0 Å². The van der Waals surface area contributed by atoms with E-state index < -0.39 is 29.1 Å². The van der Waals surface area contributed by atoms with Gasteiger partial charge in [0.15, 0.2) is 11.7 Å². The van der Waals surface area contributed by atoms with E-state index in [1.165, 1.54) is 13.8 Å². The molecule has 1 aliphatic carbocycles. The fourth-order valence-corrected chi connectivity index (χ4v) is 5.83. The van der Waals surface area contributed by atoms with Gasteiger partial charge < -0.3 is 9.47 Å². The third kappa shape index (κ3) is 5.54. The smallest absolute Gasteiger partial charge is 0.304 e. The summed E-state index contributed by atoms with van der Waals surface area (Å²) < 4.78 is 12.6. The van der Waals surface area contributed by atoms with Gasteiger partial charge in [-0.2, -0.15) is 0 Å². The van der Waals surface area contributed by atoms with Gasteiger partial charge in [-0.15, -0.1) is 24.8 Å². The monoisotopic (exact) mass is 564 g/mol. The number of nitrogens with zero attached hydrogens (tertiary/aromatic N) is 2. The largest absolute Gasteiger partial charge is 0.457 e. The first-order valence-electron chi connectivity index (χ1n) is 12.3. The molecular formula is C31H30Cl2N2O4. The van der Waals surface area contributed by atoms with Crippen molar-refractivity contribution in [3.05, 3.63) is 131 Å². The van der Waals surface area contributed by atoms with Crippen molar-refractivity contribution in [2.45, 2.75) is 43.8 Å². The number of halogens is 2. The van der Waals surface area contributed by atoms with E-state index in [1.54, 1.807) is 24.8 Å². The number of esters is 2. The number of fused-ring (bicyclic) bond motifs is 1. The van der Waals surface area contributed by atoms with Crippen LogP contribution in [0.3, 0.4) is 0 Å². The number of carbonyl (C=O) groups excluding carboxylic acids is 2. The highest BCUT2D eigenvalue weighted by Gasteiger charge is 2.65. The molecule has 4 aromatic rings. The molecule has 0 aliphatic heterocycles. The molecule has 39 heavy (non-hydrogen) atoms. The molecule has 5 rings (SSSR count). The quantitative estimate of drug-likeness (QED) is 0.264. The number of hydrogen-bond acceptors (Lipinski definition) is 6. The van der Waals surface area contributed by atoms with Gasteiger partial charge in [0, 0.05) is 55.2 Å². The fraction of sp³-hybridized carbons (Fsp3) is 0.226. The lowest BCUT2D eigenvalue weighted by Crippen LogP contribution is -2.53. The van der Waals surface area contributed by atoms with Crippen molar-refractivity contribution >= 4 is 36.8 Å². The fourth-order valence-electron chi connectivity index (χ4n) is 5.83. The lowest BCUT2D eigenvalue weighted by atomic mass is 9.69. The van der Waals surface area contributed by atoms with Crippen LogP contribution in [-0.2, 0) is 42.9 Å². The minimum Gasteiger partial charge on any atom is -0.457 e. The van der Waals surface area contributed by atoms with E-state index in [0.29, 0.717) is 12.8 Å². The highest BCUT2D eigenvalue weighted by Crippen LogP contribution is 2.57. The van der Waals surface area contributed by atoms with Gasteiger partial charge >= 0.3 is 11.9 Å². The summed E-state index contributed by atoms with van der Waals surface area (Å²) in [5, 5.41) is 0. The summed E-state index contributed by atoms with van der Waals surface area (Å²) >= 11 is 0. The topological polar surface area (TPSA) is 78.4 Å². The molecule has 2 atom stereocenters. The summed E-state index contributed by atoms with van der Waals surface area (Å²) in [6.07, 6.45) is 7.25. The van der Waals surface area contributed by atoms with Gasteiger partial charge in [-0.25, -0.2) is 0 Å². The zero-order valence-corrected chi connectivity index (χ0v) is 23.3. The van der Waals surface area contributed by atoms with Crippen molar-refractivity contribution in [3.8, 4) is 0 Å². The average molecular weight is 565 g/mol. The molecule has 0 bridgehead atoms. The molecule has 2 aromatic heterocycles. The van der Waals surface area contributed by atoms with Crippen LogP contribution in [0.25, 0.3) is 0 Å². The van der Waals surface area contributed by atoms with Gasteiger partial charge in [-0.05, 0) is 53.8 Å². The average Bonchev–Trinajstić information content (AvgIpc) is 3.11. The lowest BCUT2D eigenvalue weighted by Gasteiger charge is -2.42. The zero-order chi connectivity index (χ0) is 25.9. The molecule has 6 nitrogen and oxygen atoms in total. The molecule has 0 saturated heterocycles. The van der Waals surface area contributed by atoms with Crippen LogP contribution in [0.5, 0.6) is 0 Å². The van der Waals surface area contributed by atoms with Crippen LogP contribution in [0.15, 0.2) is 104 Å². The molecule has 0 radical (unpaired) electrons. The Bertz CT molecular complexity index is 1360. The van der Waals surface area contributed by atoms with Crippen LogP contribution in [0.4, 0.5) is 0 Å². The SMILES string of the molecule is CC(=O)OC1C(Cc2ccncc2)(Cc2ccncc2)c2ccccc2C1(OC(C)=O)c1ccccc1.Cl.Cl. The molecule has 2 unspecified atom stereocenters. The number of benzene rings is 2. The first kappa shape index (κ1) is 29.8. The molecule has 2 aromatic carbocycles. The van der Waals surface area contributed by atoms with Gasteiger partial charge in [-0.1, -0.05) is 54.6 Å². The van der Waals surface area contributed by atoms with E-state index in [4.69, 9.17) is 9.47 Å². The van der Waals surface area contributed by atoms with Crippen LogP contribution < -0.4 is 0 Å². The molecule has 8 heteroatoms. The second-order valence-electron chi connectivity index (χ2n) is 9.45. The minimum absolute atomic E-state index is 0. The second kappa shape index (κ2) is 12.4. The third-order valence-corrected chi connectivity index (χ3v) is 7.06. The molecular weight excluding hydrogens is 535 g/mol. The molecule has 0 N–H and O–H groups in total. The van der Waals surface area contributed by atoms with Crippen molar-refractivity contribution in [3.63, 3.8) is 0 Å². The third-order valence-electron chi connectivity index (χ3n) is 7.06. The molecule has 0 spiro atoms. The number of rotatable bonds is 7. The maximum absolute atomic E-state index is 12.8. The van der Waals surface area contributed by atoms with Crippen molar-refractivity contribution < 1.29 is 19.1 Å². The van der Waals surface area contributed by atoms with E-state index >= 15 is 0 Å². The number of aromatic nitrogens is 2. The zero-order valence-electron chi connectivity index (χ0n) is 21.7. The van der Waals surface area contributed by atoms with E-state index in [1.807, 2.05) is 72.8 Å². The van der Waals surface area contributed by atoms with Crippen LogP contribution in [-0.4, -0.2) is 28.0 Å². The Kier molecular flexibility index (Phi) is 9.49. The van der Waals surface area contributed by atoms with Gasteiger partial charge in [0.05, 0.1) is 0 Å². The molecule has 202 valence electrons. The summed E-state index contributed by atoms with van der Waals surface area (Å²) in [4.78, 5) is 33.9. The van der Waals surface area contributed by atoms with E-state index in [0.717, 1.165) is 27.8 Å². The molecule has 0 amide bonds. The second-order valence-corrected chi connectivity index (χ2v) is 9.45. The van der Waals surface area contributed by atoms with Crippen LogP contribution in [0.1, 0.15) is 41.7 Å². The van der Waals surface area contributed by atoms with Gasteiger partial charge in [0.25, 0.3) is 0 Å². The molecule has 1 aliphatic rings. The highest BCUT2D eigenvalue weighted by molar-refractivity contribution is 5.85. The predicted octanol–water partition coefficient (Wildman–Crippen LogP) is 5.80. The van der Waals surface area contributed by atoms with Gasteiger partial charge in [0.1, 0.15) is 0 Å². The number of carbonyl (C=O) groups is 2. The summed E-state index contributed by atoms with van der Waals surface area (Å²) in [6.45, 7) is 2.79. The van der Waals surface area contributed by atoms with Crippen LogP contribution in [0, 0.1) is 0 Å². The lowest BCUT2D eigenvalue weighted by molar-refractivity contribution is -0.184. The summed E-state index contributed by atoms with van der Waals surface area (Å²) in [6, 6.07) is 25.4. The Labute approximate surface area is 240 Å². The highest BCUT2D eigenvalue weighted by atomic mass is 35.5. The van der Waals surface area contributed by atoms with E-state index in [2.05, 4.69) is 16.0 Å². The minimum atomic E-state index is -1.34. The Balaban J connectivity index is 0.00000210. The van der Waals surface area contributed by atoms with E-state index in [-0.39, 0.29) is 24.8 Å². The molecule has 0 saturated carbocycles. The first-order chi connectivity index (χ1) is 18.0. The Morgan fingerprint density at radius 1 is 0.692 bits per heavy atom. The normalized spacial score (nSPS) is 18.6. The van der Waals surface area contributed by atoms with Crippen molar-refractivity contribution in [2.75, 3.05) is 0 Å². The van der Waals surface area contributed by atoms with Crippen molar-refractivity contribution in [1.29, 1.82) is 0 Å². The predicted molar refractivity (Wildman–Crippen MR) is 153 cm³/mol. The summed E-state index contributed by atoms with van der Waals surface area (Å²) in [5.41, 5.74) is 2.48. The molecule has 0 fully saturated rings. The summed E-state index contributed by atoms with van der Waals surface area (Å²) in [5.74, 6) is -0.904. The number of pyridine rings is 2. The maximum atomic E-state index is 12.8. The van der Waals surface area contributed by atoms with Crippen LogP contribution >= 0.6 is 24.8 Å².